The number of hydrogen-bond acceptors (Lipinski definition) is 3. The molecule has 0 aliphatic carbocycles. The predicted octanol–water partition coefficient (Wildman–Crippen LogP) is 0.968. The molecule has 1 atom stereocenters. The maximum Gasteiger partial charge on any atom is 0.305 e. The van der Waals surface area contributed by atoms with Crippen LogP contribution in [-0.2, 0) is 6.42 Å². The fraction of sp³-hybridized carbons (Fsp3) is 0.417. The minimum atomic E-state index is -0.401. The van der Waals surface area contributed by atoms with E-state index in [9.17, 15) is 5.02 Å². The van der Waals surface area contributed by atoms with Gasteiger partial charge < -0.3 is 15.7 Å². The van der Waals surface area contributed by atoms with Gasteiger partial charge in [0, 0.05) is 13.5 Å². The molecule has 1 aromatic rings. The average Bonchev–Trinajstić information content (AvgIpc) is 2.28. The van der Waals surface area contributed by atoms with Crippen LogP contribution in [0.2, 0.25) is 6.82 Å². The van der Waals surface area contributed by atoms with E-state index in [0.717, 1.165) is 6.42 Å². The second-order valence-corrected chi connectivity index (χ2v) is 4.78. The number of rotatable bonds is 5. The van der Waals surface area contributed by atoms with Crippen LogP contribution in [0.1, 0.15) is 5.56 Å². The molecule has 0 radical (unpaired) electrons. The Balaban J connectivity index is 2.52. The number of likely N-dealkylation sites (N-methyl/N-ethyl adjacent to an activating group) is 1. The maximum absolute atomic E-state index is 9.30. The van der Waals surface area contributed by atoms with E-state index in [-0.39, 0.29) is 6.04 Å². The molecule has 92 valence electrons. The van der Waals surface area contributed by atoms with E-state index in [1.807, 2.05) is 42.3 Å². The highest BCUT2D eigenvalue weighted by Crippen LogP contribution is 2.05. The second-order valence-electron chi connectivity index (χ2n) is 4.36. The average molecular weight is 250 g/mol. The minimum absolute atomic E-state index is 0.184. The first-order valence-corrected chi connectivity index (χ1v) is 6.14. The van der Waals surface area contributed by atoms with Crippen molar-refractivity contribution in [3.8, 4) is 0 Å². The summed E-state index contributed by atoms with van der Waals surface area (Å²) in [5.41, 5.74) is 7.24. The Hall–Kier alpha value is -0.905. The molecule has 0 saturated carbocycles. The van der Waals surface area contributed by atoms with Gasteiger partial charge in [-0.2, -0.15) is 0 Å². The summed E-state index contributed by atoms with van der Waals surface area (Å²) in [4.78, 5) is 2.53. The van der Waals surface area contributed by atoms with Gasteiger partial charge in [-0.1, -0.05) is 49.4 Å². The first-order chi connectivity index (χ1) is 8.00. The van der Waals surface area contributed by atoms with E-state index < -0.39 is 6.92 Å². The normalized spacial score (nSPS) is 12.0. The van der Waals surface area contributed by atoms with Crippen LogP contribution in [0.15, 0.2) is 30.3 Å². The van der Waals surface area contributed by atoms with Crippen LogP contribution in [0.4, 0.5) is 0 Å². The molecule has 0 bridgehead atoms. The van der Waals surface area contributed by atoms with Crippen LogP contribution in [0, 0.1) is 0 Å². The largest absolute Gasteiger partial charge is 0.449 e. The molecule has 3 N–H and O–H groups in total. The molecule has 0 saturated heterocycles. The Morgan fingerprint density at radius 3 is 2.59 bits per heavy atom. The van der Waals surface area contributed by atoms with E-state index in [0.29, 0.717) is 11.4 Å². The van der Waals surface area contributed by atoms with Gasteiger partial charge >= 0.3 is 6.92 Å². The van der Waals surface area contributed by atoms with Crippen molar-refractivity contribution in [3.05, 3.63) is 35.9 Å². The fourth-order valence-corrected chi connectivity index (χ4v) is 1.88. The molecule has 0 aliphatic heterocycles. The third-order valence-electron chi connectivity index (χ3n) is 2.53. The third-order valence-corrected chi connectivity index (χ3v) is 3.14. The predicted molar refractivity (Wildman–Crippen MR) is 77.2 cm³/mol. The Bertz CT molecular complexity index is 359. The number of benzene rings is 1. The Labute approximate surface area is 109 Å². The smallest absolute Gasteiger partial charge is 0.305 e. The van der Waals surface area contributed by atoms with Gasteiger partial charge in [0.1, 0.15) is 0 Å². The van der Waals surface area contributed by atoms with Gasteiger partial charge in [0.2, 0.25) is 0 Å². The van der Waals surface area contributed by atoms with E-state index in [1.165, 1.54) is 5.56 Å². The second kappa shape index (κ2) is 6.74. The van der Waals surface area contributed by atoms with E-state index in [2.05, 4.69) is 0 Å². The standard InChI is InChI=1S/C12H19BN2OS/c1-13(16)9-15(2)12(17)11(14)8-10-6-4-3-5-7-10/h3-7,11,16H,8-9,14H2,1-2H3/t11-/m0/s1. The van der Waals surface area contributed by atoms with Crippen molar-refractivity contribution in [1.82, 2.24) is 4.90 Å². The molecule has 0 amide bonds. The molecule has 0 fully saturated rings. The monoisotopic (exact) mass is 250 g/mol. The highest BCUT2D eigenvalue weighted by Gasteiger charge is 2.16. The van der Waals surface area contributed by atoms with Crippen LogP contribution >= 0.6 is 12.2 Å². The molecular formula is C12H19BN2OS. The Morgan fingerprint density at radius 2 is 2.06 bits per heavy atom. The van der Waals surface area contributed by atoms with Crippen LogP contribution < -0.4 is 5.73 Å². The number of thiocarbonyl (C=S) groups is 1. The van der Waals surface area contributed by atoms with Crippen molar-refractivity contribution >= 4 is 24.1 Å². The molecule has 0 heterocycles. The summed E-state index contributed by atoms with van der Waals surface area (Å²) in [5, 5.41) is 9.30. The highest BCUT2D eigenvalue weighted by molar-refractivity contribution is 7.80. The Kier molecular flexibility index (Phi) is 5.61. The zero-order valence-corrected chi connectivity index (χ0v) is 11.2. The first kappa shape index (κ1) is 14.2. The SMILES string of the molecule is CB(O)CN(C)C(=S)[C@@H](N)Cc1ccccc1. The van der Waals surface area contributed by atoms with Gasteiger partial charge in [-0.15, -0.1) is 0 Å². The molecule has 3 nitrogen and oxygen atoms in total. The van der Waals surface area contributed by atoms with Crippen LogP contribution in [0.5, 0.6) is 0 Å². The topological polar surface area (TPSA) is 49.5 Å². The van der Waals surface area contributed by atoms with E-state index in [1.54, 1.807) is 6.82 Å². The number of nitrogens with zero attached hydrogens (tertiary/aromatic N) is 1. The number of hydrogen-bond donors (Lipinski definition) is 2. The van der Waals surface area contributed by atoms with E-state index in [4.69, 9.17) is 18.0 Å². The summed E-state index contributed by atoms with van der Waals surface area (Å²) in [6.45, 7) is 1.34. The third kappa shape index (κ3) is 4.85. The summed E-state index contributed by atoms with van der Waals surface area (Å²) in [6.07, 6.45) is 1.24. The molecule has 1 aromatic carbocycles. The molecule has 17 heavy (non-hydrogen) atoms. The van der Waals surface area contributed by atoms with Gasteiger partial charge in [0.05, 0.1) is 11.0 Å². The van der Waals surface area contributed by atoms with Gasteiger partial charge in [-0.25, -0.2) is 0 Å². The zero-order chi connectivity index (χ0) is 12.8. The lowest BCUT2D eigenvalue weighted by Crippen LogP contribution is -2.45. The summed E-state index contributed by atoms with van der Waals surface area (Å²) >= 11 is 5.31. The quantitative estimate of drug-likeness (QED) is 0.604. The van der Waals surface area contributed by atoms with Gasteiger partial charge in [-0.05, 0) is 12.0 Å². The zero-order valence-electron chi connectivity index (χ0n) is 10.3. The molecule has 0 unspecified atom stereocenters. The number of nitrogens with two attached hydrogens (primary N) is 1. The summed E-state index contributed by atoms with van der Waals surface area (Å²) in [7, 11) is 1.86. The highest BCUT2D eigenvalue weighted by atomic mass is 32.1. The summed E-state index contributed by atoms with van der Waals surface area (Å²) in [5.74, 6) is 0. The van der Waals surface area contributed by atoms with Crippen molar-refractivity contribution in [1.29, 1.82) is 0 Å². The molecule has 1 rings (SSSR count). The molecule has 0 aromatic heterocycles. The van der Waals surface area contributed by atoms with Crippen molar-refractivity contribution in [3.63, 3.8) is 0 Å². The summed E-state index contributed by atoms with van der Waals surface area (Å²) in [6, 6.07) is 9.85. The van der Waals surface area contributed by atoms with Crippen molar-refractivity contribution < 1.29 is 5.02 Å². The van der Waals surface area contributed by atoms with Gasteiger partial charge in [0.25, 0.3) is 0 Å². The van der Waals surface area contributed by atoms with Crippen molar-refractivity contribution in [2.45, 2.75) is 19.3 Å². The van der Waals surface area contributed by atoms with Crippen LogP contribution in [0.25, 0.3) is 0 Å². The van der Waals surface area contributed by atoms with Crippen molar-refractivity contribution in [2.75, 3.05) is 13.5 Å². The molecule has 5 heteroatoms. The molecule has 0 spiro atoms. The van der Waals surface area contributed by atoms with Gasteiger partial charge in [-0.3, -0.25) is 0 Å². The van der Waals surface area contributed by atoms with Gasteiger partial charge in [0.15, 0.2) is 0 Å². The lowest BCUT2D eigenvalue weighted by Gasteiger charge is -2.24. The minimum Gasteiger partial charge on any atom is -0.449 e. The lowest BCUT2D eigenvalue weighted by atomic mass is 9.71. The van der Waals surface area contributed by atoms with Crippen LogP contribution in [-0.4, -0.2) is 41.4 Å². The van der Waals surface area contributed by atoms with E-state index >= 15 is 0 Å². The fourth-order valence-electron chi connectivity index (χ4n) is 1.72. The molecular weight excluding hydrogens is 231 g/mol. The first-order valence-electron chi connectivity index (χ1n) is 5.73. The lowest BCUT2D eigenvalue weighted by molar-refractivity contribution is 0.503. The van der Waals surface area contributed by atoms with Crippen molar-refractivity contribution in [2.24, 2.45) is 5.73 Å². The Morgan fingerprint density at radius 1 is 1.47 bits per heavy atom. The molecule has 0 aliphatic rings. The summed E-state index contributed by atoms with van der Waals surface area (Å²) < 4.78 is 0. The maximum atomic E-state index is 9.30. The van der Waals surface area contributed by atoms with Crippen LogP contribution in [0.3, 0.4) is 0 Å².